The van der Waals surface area contributed by atoms with Crippen molar-refractivity contribution in [3.8, 4) is 0 Å². The average Bonchev–Trinajstić information content (AvgIpc) is 2.18. The fourth-order valence-electron chi connectivity index (χ4n) is 0.987. The van der Waals surface area contributed by atoms with Gasteiger partial charge in [-0.2, -0.15) is 8.42 Å². The molecule has 0 heterocycles. The lowest BCUT2D eigenvalue weighted by Crippen LogP contribution is -2.18. The molecular weight excluding hydrogens is 283 g/mol. The Morgan fingerprint density at radius 2 is 1.82 bits per heavy atom. The first-order valence-corrected chi connectivity index (χ1v) is 7.13. The fraction of sp³-hybridized carbons (Fsp3) is 0.455. The van der Waals surface area contributed by atoms with Crippen molar-refractivity contribution in [1.82, 2.24) is 0 Å². The molecule has 0 aliphatic rings. The number of hydrogen-bond donors (Lipinski definition) is 0. The minimum absolute atomic E-state index is 0.0815. The summed E-state index contributed by atoms with van der Waals surface area (Å²) < 4.78 is 28.7. The van der Waals surface area contributed by atoms with Gasteiger partial charge in [0, 0.05) is 5.02 Å². The zero-order valence-corrected chi connectivity index (χ0v) is 12.2. The molecule has 3 nitrogen and oxygen atoms in total. The monoisotopic (exact) mass is 296 g/mol. The molecule has 0 aliphatic carbocycles. The predicted octanol–water partition coefficient (Wildman–Crippen LogP) is 3.74. The molecule has 0 N–H and O–H groups in total. The van der Waals surface area contributed by atoms with Gasteiger partial charge in [-0.3, -0.25) is 4.18 Å². The van der Waals surface area contributed by atoms with Gasteiger partial charge in [-0.05, 0) is 23.6 Å². The maximum absolute atomic E-state index is 11.9. The van der Waals surface area contributed by atoms with Gasteiger partial charge in [-0.25, -0.2) is 0 Å². The lowest BCUT2D eigenvalue weighted by atomic mass is 9.99. The van der Waals surface area contributed by atoms with Gasteiger partial charge in [0.25, 0.3) is 10.1 Å². The van der Waals surface area contributed by atoms with E-state index in [1.807, 2.05) is 20.8 Å². The van der Waals surface area contributed by atoms with Crippen LogP contribution in [-0.4, -0.2) is 15.0 Å². The van der Waals surface area contributed by atoms with Crippen molar-refractivity contribution in [2.75, 3.05) is 6.61 Å². The fourth-order valence-corrected chi connectivity index (χ4v) is 2.84. The lowest BCUT2D eigenvalue weighted by Gasteiger charge is -2.18. The zero-order chi connectivity index (χ0) is 13.3. The van der Waals surface area contributed by atoms with Crippen LogP contribution in [-0.2, 0) is 14.3 Å². The lowest BCUT2D eigenvalue weighted by molar-refractivity contribution is 0.203. The normalized spacial score (nSPS) is 12.8. The third-order valence-corrected chi connectivity index (χ3v) is 3.79. The predicted molar refractivity (Wildman–Crippen MR) is 69.1 cm³/mol. The average molecular weight is 297 g/mol. The SMILES string of the molecule is CC(C)(C)COS(=O)(=O)c1cc(Cl)ccc1Cl. The van der Waals surface area contributed by atoms with Crippen molar-refractivity contribution in [3.63, 3.8) is 0 Å². The molecule has 0 aromatic heterocycles. The summed E-state index contributed by atoms with van der Waals surface area (Å²) in [6.07, 6.45) is 0. The highest BCUT2D eigenvalue weighted by Gasteiger charge is 2.22. The summed E-state index contributed by atoms with van der Waals surface area (Å²) in [5, 5.41) is 0.399. The van der Waals surface area contributed by atoms with Crippen molar-refractivity contribution in [3.05, 3.63) is 28.2 Å². The van der Waals surface area contributed by atoms with Crippen LogP contribution >= 0.6 is 23.2 Å². The summed E-state index contributed by atoms with van der Waals surface area (Å²) in [5.74, 6) is 0. The van der Waals surface area contributed by atoms with Gasteiger partial charge in [0.05, 0.1) is 11.6 Å². The van der Waals surface area contributed by atoms with E-state index in [1.165, 1.54) is 18.2 Å². The molecule has 0 atom stereocenters. The van der Waals surface area contributed by atoms with Crippen molar-refractivity contribution in [2.45, 2.75) is 25.7 Å². The molecule has 6 heteroatoms. The minimum Gasteiger partial charge on any atom is -0.266 e. The second kappa shape index (κ2) is 5.14. The van der Waals surface area contributed by atoms with E-state index < -0.39 is 10.1 Å². The zero-order valence-electron chi connectivity index (χ0n) is 9.83. The van der Waals surface area contributed by atoms with Crippen molar-refractivity contribution in [2.24, 2.45) is 5.41 Å². The van der Waals surface area contributed by atoms with Crippen LogP contribution in [0, 0.1) is 5.41 Å². The van der Waals surface area contributed by atoms with Gasteiger partial charge in [0.15, 0.2) is 0 Å². The highest BCUT2D eigenvalue weighted by atomic mass is 35.5. The van der Waals surface area contributed by atoms with E-state index in [1.54, 1.807) is 0 Å². The van der Waals surface area contributed by atoms with Gasteiger partial charge in [-0.1, -0.05) is 44.0 Å². The molecule has 0 amide bonds. The Morgan fingerprint density at radius 3 is 2.35 bits per heavy atom. The summed E-state index contributed by atoms with van der Waals surface area (Å²) >= 11 is 11.5. The first-order chi connectivity index (χ1) is 7.62. The smallest absolute Gasteiger partial charge is 0.266 e. The molecule has 1 rings (SSSR count). The third-order valence-electron chi connectivity index (χ3n) is 1.81. The quantitative estimate of drug-likeness (QED) is 0.798. The van der Waals surface area contributed by atoms with Crippen LogP contribution in [0.2, 0.25) is 10.0 Å². The van der Waals surface area contributed by atoms with Crippen molar-refractivity contribution >= 4 is 33.3 Å². The van der Waals surface area contributed by atoms with Crippen LogP contribution in [0.1, 0.15) is 20.8 Å². The second-order valence-electron chi connectivity index (χ2n) is 4.85. The maximum atomic E-state index is 11.9. The Bertz CT molecular complexity index is 504. The first kappa shape index (κ1) is 14.8. The molecule has 0 fully saturated rings. The van der Waals surface area contributed by atoms with Crippen molar-refractivity contribution < 1.29 is 12.6 Å². The molecule has 0 aliphatic heterocycles. The first-order valence-electron chi connectivity index (χ1n) is 4.96. The molecule has 0 bridgehead atoms. The maximum Gasteiger partial charge on any atom is 0.298 e. The van der Waals surface area contributed by atoms with E-state index in [0.717, 1.165) is 0 Å². The number of hydrogen-bond acceptors (Lipinski definition) is 3. The summed E-state index contributed by atoms with van der Waals surface area (Å²) in [4.78, 5) is -0.101. The molecule has 1 aromatic rings. The Labute approximate surface area is 112 Å². The number of halogens is 2. The summed E-state index contributed by atoms with van der Waals surface area (Å²) in [6.45, 7) is 5.71. The minimum atomic E-state index is -3.86. The summed E-state index contributed by atoms with van der Waals surface area (Å²) in [5.41, 5.74) is -0.252. The van der Waals surface area contributed by atoms with E-state index >= 15 is 0 Å². The molecule has 0 radical (unpaired) electrons. The molecule has 0 spiro atoms. The Hall–Kier alpha value is -0.290. The third kappa shape index (κ3) is 4.47. The van der Waals surface area contributed by atoms with Crippen LogP contribution in [0.4, 0.5) is 0 Å². The van der Waals surface area contributed by atoms with E-state index in [2.05, 4.69) is 0 Å². The molecule has 0 saturated heterocycles. The molecule has 0 saturated carbocycles. The van der Waals surface area contributed by atoms with Crippen LogP contribution in [0.15, 0.2) is 23.1 Å². The molecule has 1 aromatic carbocycles. The number of benzene rings is 1. The van der Waals surface area contributed by atoms with Crippen LogP contribution in [0.25, 0.3) is 0 Å². The van der Waals surface area contributed by atoms with E-state index in [9.17, 15) is 8.42 Å². The van der Waals surface area contributed by atoms with E-state index in [4.69, 9.17) is 27.4 Å². The largest absolute Gasteiger partial charge is 0.298 e. The van der Waals surface area contributed by atoms with Gasteiger partial charge >= 0.3 is 0 Å². The van der Waals surface area contributed by atoms with Crippen LogP contribution < -0.4 is 0 Å². The molecular formula is C11H14Cl2O3S. The summed E-state index contributed by atoms with van der Waals surface area (Å²) in [7, 11) is -3.86. The Kier molecular flexibility index (Phi) is 4.47. The molecule has 0 unspecified atom stereocenters. The topological polar surface area (TPSA) is 43.4 Å². The van der Waals surface area contributed by atoms with Gasteiger partial charge in [-0.15, -0.1) is 0 Å². The van der Waals surface area contributed by atoms with Crippen molar-refractivity contribution in [1.29, 1.82) is 0 Å². The Morgan fingerprint density at radius 1 is 1.24 bits per heavy atom. The van der Waals surface area contributed by atoms with Gasteiger partial charge in [0.2, 0.25) is 0 Å². The summed E-state index contributed by atoms with van der Waals surface area (Å²) in [6, 6.07) is 4.23. The second-order valence-corrected chi connectivity index (χ2v) is 7.28. The van der Waals surface area contributed by atoms with E-state index in [0.29, 0.717) is 5.02 Å². The molecule has 17 heavy (non-hydrogen) atoms. The van der Waals surface area contributed by atoms with Crippen LogP contribution in [0.5, 0.6) is 0 Å². The van der Waals surface area contributed by atoms with Gasteiger partial charge < -0.3 is 0 Å². The highest BCUT2D eigenvalue weighted by Crippen LogP contribution is 2.27. The van der Waals surface area contributed by atoms with E-state index in [-0.39, 0.29) is 21.9 Å². The highest BCUT2D eigenvalue weighted by molar-refractivity contribution is 7.86. The Balaban J connectivity index is 3.02. The van der Waals surface area contributed by atoms with Crippen LogP contribution in [0.3, 0.4) is 0 Å². The van der Waals surface area contributed by atoms with Gasteiger partial charge in [0.1, 0.15) is 4.90 Å². The molecule has 96 valence electrons. The number of rotatable bonds is 3. The standard InChI is InChI=1S/C11H14Cl2O3S/c1-11(2,3)7-16-17(14,15)10-6-8(12)4-5-9(10)13/h4-6H,7H2,1-3H3.